The first-order valence-corrected chi connectivity index (χ1v) is 7.05. The first kappa shape index (κ1) is 10.6. The van der Waals surface area contributed by atoms with Crippen LogP contribution in [-0.2, 0) is 5.33 Å². The lowest BCUT2D eigenvalue weighted by atomic mass is 10.1. The normalized spacial score (nSPS) is 10.7. The van der Waals surface area contributed by atoms with E-state index in [9.17, 15) is 4.79 Å². The van der Waals surface area contributed by atoms with Crippen LogP contribution >= 0.6 is 49.9 Å². The van der Waals surface area contributed by atoms with E-state index in [0.717, 1.165) is 20.7 Å². The van der Waals surface area contributed by atoms with E-state index in [2.05, 4.69) is 43.9 Å². The van der Waals surface area contributed by atoms with Gasteiger partial charge in [0.2, 0.25) is 0 Å². The molecular formula is C10H6BrIOS. The third-order valence-electron chi connectivity index (χ3n) is 2.05. The Balaban J connectivity index is 2.83. The average Bonchev–Trinajstić information content (AvgIpc) is 2.62. The number of hydrogen-bond acceptors (Lipinski definition) is 2. The van der Waals surface area contributed by atoms with E-state index in [0.29, 0.717) is 0 Å². The highest BCUT2D eigenvalue weighted by atomic mass is 127. The molecule has 0 atom stereocenters. The van der Waals surface area contributed by atoms with Crippen LogP contribution in [0.15, 0.2) is 17.5 Å². The van der Waals surface area contributed by atoms with Crippen LogP contribution in [0.25, 0.3) is 10.1 Å². The Labute approximate surface area is 108 Å². The van der Waals surface area contributed by atoms with Crippen molar-refractivity contribution in [2.45, 2.75) is 5.33 Å². The van der Waals surface area contributed by atoms with E-state index in [1.807, 2.05) is 12.1 Å². The summed E-state index contributed by atoms with van der Waals surface area (Å²) >= 11 is 7.41. The molecule has 0 aliphatic heterocycles. The van der Waals surface area contributed by atoms with Gasteiger partial charge in [0, 0.05) is 24.5 Å². The molecule has 72 valence electrons. The molecule has 0 aliphatic carbocycles. The molecule has 2 rings (SSSR count). The first-order valence-electron chi connectivity index (χ1n) is 3.97. The molecule has 0 saturated heterocycles. The second-order valence-corrected chi connectivity index (χ2v) is 5.41. The molecule has 0 radical (unpaired) electrons. The molecule has 0 aliphatic rings. The summed E-state index contributed by atoms with van der Waals surface area (Å²) in [4.78, 5) is 10.8. The quantitative estimate of drug-likeness (QED) is 0.433. The Hall–Kier alpha value is 0.0600. The number of thiophene rings is 1. The third kappa shape index (κ3) is 1.63. The summed E-state index contributed by atoms with van der Waals surface area (Å²) < 4.78 is 2.31. The number of aldehydes is 1. The molecule has 0 spiro atoms. The molecule has 0 fully saturated rings. The van der Waals surface area contributed by atoms with Gasteiger partial charge in [-0.2, -0.15) is 0 Å². The van der Waals surface area contributed by atoms with Gasteiger partial charge in [-0.15, -0.1) is 11.3 Å². The van der Waals surface area contributed by atoms with Crippen molar-refractivity contribution in [1.29, 1.82) is 0 Å². The summed E-state index contributed by atoms with van der Waals surface area (Å²) in [7, 11) is 0. The molecule has 0 unspecified atom stereocenters. The van der Waals surface area contributed by atoms with Crippen LogP contribution in [0.2, 0.25) is 0 Å². The maximum Gasteiger partial charge on any atom is 0.151 e. The largest absolute Gasteiger partial charge is 0.298 e. The number of rotatable bonds is 2. The molecule has 1 heterocycles. The second-order valence-electron chi connectivity index (χ2n) is 2.85. The predicted octanol–water partition coefficient (Wildman–Crippen LogP) is 4.21. The minimum absolute atomic E-state index is 0.777. The van der Waals surface area contributed by atoms with E-state index in [4.69, 9.17) is 0 Å². The molecule has 0 bridgehead atoms. The summed E-state index contributed by atoms with van der Waals surface area (Å²) in [6, 6.07) is 3.89. The maximum absolute atomic E-state index is 10.8. The molecule has 0 saturated carbocycles. The second kappa shape index (κ2) is 4.28. The van der Waals surface area contributed by atoms with Gasteiger partial charge in [-0.25, -0.2) is 0 Å². The Morgan fingerprint density at radius 2 is 2.29 bits per heavy atom. The summed E-state index contributed by atoms with van der Waals surface area (Å²) in [5.74, 6) is 0. The topological polar surface area (TPSA) is 17.1 Å². The molecule has 14 heavy (non-hydrogen) atoms. The Morgan fingerprint density at radius 3 is 2.93 bits per heavy atom. The van der Waals surface area contributed by atoms with Crippen LogP contribution < -0.4 is 0 Å². The van der Waals surface area contributed by atoms with Crippen LogP contribution in [0.1, 0.15) is 15.9 Å². The zero-order valence-electron chi connectivity index (χ0n) is 7.09. The van der Waals surface area contributed by atoms with Gasteiger partial charge in [0.25, 0.3) is 0 Å². The molecule has 0 N–H and O–H groups in total. The fourth-order valence-corrected chi connectivity index (χ4v) is 4.11. The van der Waals surface area contributed by atoms with Crippen molar-refractivity contribution in [2.75, 3.05) is 0 Å². The zero-order valence-corrected chi connectivity index (χ0v) is 11.6. The van der Waals surface area contributed by atoms with Crippen molar-refractivity contribution in [3.05, 3.63) is 32.2 Å². The molecule has 1 aromatic carbocycles. The average molecular weight is 381 g/mol. The van der Waals surface area contributed by atoms with Crippen molar-refractivity contribution in [3.63, 3.8) is 0 Å². The van der Waals surface area contributed by atoms with Gasteiger partial charge in [-0.05, 0) is 45.7 Å². The monoisotopic (exact) mass is 380 g/mol. The Kier molecular flexibility index (Phi) is 3.23. The SMILES string of the molecule is O=Cc1ccc2scc(CBr)c2c1I. The van der Waals surface area contributed by atoms with Gasteiger partial charge in [-0.1, -0.05) is 15.9 Å². The highest BCUT2D eigenvalue weighted by Crippen LogP contribution is 2.32. The van der Waals surface area contributed by atoms with E-state index >= 15 is 0 Å². The Morgan fingerprint density at radius 1 is 1.50 bits per heavy atom. The number of alkyl halides is 1. The van der Waals surface area contributed by atoms with Crippen molar-refractivity contribution in [2.24, 2.45) is 0 Å². The van der Waals surface area contributed by atoms with Gasteiger partial charge < -0.3 is 0 Å². The molecule has 4 heteroatoms. The van der Waals surface area contributed by atoms with Crippen LogP contribution in [0, 0.1) is 3.57 Å². The number of benzene rings is 1. The van der Waals surface area contributed by atoms with Crippen molar-refractivity contribution < 1.29 is 4.79 Å². The minimum Gasteiger partial charge on any atom is -0.298 e. The summed E-state index contributed by atoms with van der Waals surface area (Å²) in [6.45, 7) is 0. The lowest BCUT2D eigenvalue weighted by Gasteiger charge is -2.00. The van der Waals surface area contributed by atoms with Gasteiger partial charge in [0.15, 0.2) is 6.29 Å². The lowest BCUT2D eigenvalue weighted by molar-refractivity contribution is 0.112. The van der Waals surface area contributed by atoms with E-state index in [-0.39, 0.29) is 0 Å². The third-order valence-corrected chi connectivity index (χ3v) is 4.82. The minimum atomic E-state index is 0.777. The smallest absolute Gasteiger partial charge is 0.151 e. The number of halogens is 2. The van der Waals surface area contributed by atoms with Gasteiger partial charge in [0.05, 0.1) is 0 Å². The van der Waals surface area contributed by atoms with Crippen LogP contribution in [0.3, 0.4) is 0 Å². The summed E-state index contributed by atoms with van der Waals surface area (Å²) in [5, 5.41) is 4.19. The van der Waals surface area contributed by atoms with Gasteiger partial charge >= 0.3 is 0 Å². The molecule has 1 aromatic heterocycles. The van der Waals surface area contributed by atoms with Crippen LogP contribution in [0.4, 0.5) is 0 Å². The predicted molar refractivity (Wildman–Crippen MR) is 72.6 cm³/mol. The zero-order chi connectivity index (χ0) is 10.1. The highest BCUT2D eigenvalue weighted by molar-refractivity contribution is 14.1. The number of fused-ring (bicyclic) bond motifs is 1. The van der Waals surface area contributed by atoms with Crippen LogP contribution in [-0.4, -0.2) is 6.29 Å². The molecule has 0 amide bonds. The van der Waals surface area contributed by atoms with Crippen molar-refractivity contribution in [1.82, 2.24) is 0 Å². The molecule has 1 nitrogen and oxygen atoms in total. The van der Waals surface area contributed by atoms with Crippen molar-refractivity contribution in [3.8, 4) is 0 Å². The lowest BCUT2D eigenvalue weighted by Crippen LogP contribution is -1.87. The number of hydrogen-bond donors (Lipinski definition) is 0. The van der Waals surface area contributed by atoms with E-state index in [1.165, 1.54) is 15.6 Å². The number of carbonyl (C=O) groups excluding carboxylic acids is 1. The standard InChI is InChI=1S/C10H6BrIOS/c11-3-7-5-14-8-2-1-6(4-13)10(12)9(7)8/h1-2,4-5H,3H2. The van der Waals surface area contributed by atoms with Gasteiger partial charge in [0.1, 0.15) is 0 Å². The van der Waals surface area contributed by atoms with E-state index < -0.39 is 0 Å². The van der Waals surface area contributed by atoms with Crippen LogP contribution in [0.5, 0.6) is 0 Å². The molecular weight excluding hydrogens is 375 g/mol. The van der Waals surface area contributed by atoms with E-state index in [1.54, 1.807) is 11.3 Å². The fourth-order valence-electron chi connectivity index (χ4n) is 1.35. The molecule has 2 aromatic rings. The summed E-state index contributed by atoms with van der Waals surface area (Å²) in [5.41, 5.74) is 2.04. The maximum atomic E-state index is 10.8. The first-order chi connectivity index (χ1) is 6.77. The number of carbonyl (C=O) groups is 1. The fraction of sp³-hybridized carbons (Fsp3) is 0.100. The van der Waals surface area contributed by atoms with Gasteiger partial charge in [-0.3, -0.25) is 4.79 Å². The Bertz CT molecular complexity index is 492. The van der Waals surface area contributed by atoms with Crippen molar-refractivity contribution >= 4 is 66.2 Å². The summed E-state index contributed by atoms with van der Waals surface area (Å²) in [6.07, 6.45) is 0.914. The highest BCUT2D eigenvalue weighted by Gasteiger charge is 2.09.